The lowest BCUT2D eigenvalue weighted by Crippen LogP contribution is -2.42. The van der Waals surface area contributed by atoms with Gasteiger partial charge in [0.25, 0.3) is 0 Å². The zero-order valence-corrected chi connectivity index (χ0v) is 10.8. The van der Waals surface area contributed by atoms with E-state index in [0.717, 1.165) is 36.2 Å². The molecule has 0 bridgehead atoms. The fourth-order valence-corrected chi connectivity index (χ4v) is 2.57. The predicted molar refractivity (Wildman–Crippen MR) is 70.4 cm³/mol. The molecule has 1 fully saturated rings. The normalized spacial score (nSPS) is 19.4. The zero-order valence-electron chi connectivity index (χ0n) is 10.8. The molecule has 1 aliphatic rings. The van der Waals surface area contributed by atoms with Crippen molar-refractivity contribution in [3.63, 3.8) is 0 Å². The van der Waals surface area contributed by atoms with Gasteiger partial charge in [-0.3, -0.25) is 4.79 Å². The fourth-order valence-electron chi connectivity index (χ4n) is 2.57. The first-order chi connectivity index (χ1) is 8.11. The summed E-state index contributed by atoms with van der Waals surface area (Å²) in [5.74, 6) is 0.180. The van der Waals surface area contributed by atoms with E-state index in [0.29, 0.717) is 0 Å². The minimum atomic E-state index is -0.000920. The average molecular weight is 232 g/mol. The Bertz CT molecular complexity index is 402. The average Bonchev–Trinajstić information content (AvgIpc) is 2.81. The number of carbonyl (C=O) groups is 1. The van der Waals surface area contributed by atoms with Crippen LogP contribution in [0.4, 0.5) is 5.69 Å². The molecular formula is C14H20N2O. The van der Waals surface area contributed by atoms with E-state index in [9.17, 15) is 4.79 Å². The van der Waals surface area contributed by atoms with Crippen LogP contribution in [-0.2, 0) is 4.79 Å². The summed E-state index contributed by atoms with van der Waals surface area (Å²) in [5.41, 5.74) is 3.35. The monoisotopic (exact) mass is 232 g/mol. The van der Waals surface area contributed by atoms with Crippen molar-refractivity contribution in [2.24, 2.45) is 0 Å². The maximum absolute atomic E-state index is 12.3. The van der Waals surface area contributed by atoms with Crippen LogP contribution in [-0.4, -0.2) is 25.5 Å². The van der Waals surface area contributed by atoms with Crippen LogP contribution < -0.4 is 10.2 Å². The molecule has 0 unspecified atom stereocenters. The van der Waals surface area contributed by atoms with Crippen molar-refractivity contribution in [1.82, 2.24) is 5.32 Å². The van der Waals surface area contributed by atoms with E-state index in [2.05, 4.69) is 5.32 Å². The quantitative estimate of drug-likeness (QED) is 0.846. The Morgan fingerprint density at radius 2 is 2.00 bits per heavy atom. The van der Waals surface area contributed by atoms with Gasteiger partial charge < -0.3 is 10.2 Å². The van der Waals surface area contributed by atoms with Gasteiger partial charge in [0.2, 0.25) is 5.91 Å². The summed E-state index contributed by atoms with van der Waals surface area (Å²) >= 11 is 0. The van der Waals surface area contributed by atoms with Gasteiger partial charge in [0, 0.05) is 12.7 Å². The third kappa shape index (κ3) is 2.34. The Morgan fingerprint density at radius 1 is 1.35 bits per heavy atom. The van der Waals surface area contributed by atoms with E-state index < -0.39 is 0 Å². The van der Waals surface area contributed by atoms with Crippen LogP contribution in [0.15, 0.2) is 18.2 Å². The summed E-state index contributed by atoms with van der Waals surface area (Å²) in [6.45, 7) is 5.05. The molecular weight excluding hydrogens is 212 g/mol. The van der Waals surface area contributed by atoms with Gasteiger partial charge in [0.1, 0.15) is 0 Å². The number of carbonyl (C=O) groups excluding carboxylic acids is 1. The van der Waals surface area contributed by atoms with Crippen LogP contribution in [0.3, 0.4) is 0 Å². The molecule has 1 N–H and O–H groups in total. The number of hydrogen-bond donors (Lipinski definition) is 1. The number of nitrogens with zero attached hydrogens (tertiary/aromatic N) is 1. The third-order valence-corrected chi connectivity index (χ3v) is 3.46. The maximum Gasteiger partial charge on any atom is 0.243 e. The Kier molecular flexibility index (Phi) is 3.48. The van der Waals surface area contributed by atoms with Gasteiger partial charge >= 0.3 is 0 Å². The van der Waals surface area contributed by atoms with E-state index >= 15 is 0 Å². The van der Waals surface area contributed by atoms with Crippen LogP contribution in [0, 0.1) is 13.8 Å². The van der Waals surface area contributed by atoms with E-state index in [4.69, 9.17) is 0 Å². The topological polar surface area (TPSA) is 32.3 Å². The van der Waals surface area contributed by atoms with Gasteiger partial charge in [-0.15, -0.1) is 0 Å². The Hall–Kier alpha value is -1.35. The molecule has 0 aliphatic carbocycles. The molecule has 1 aromatic carbocycles. The third-order valence-electron chi connectivity index (χ3n) is 3.46. The predicted octanol–water partition coefficient (Wildman–Crippen LogP) is 2.02. The summed E-state index contributed by atoms with van der Waals surface area (Å²) in [6.07, 6.45) is 2.05. The first-order valence-electron chi connectivity index (χ1n) is 6.18. The van der Waals surface area contributed by atoms with E-state index in [-0.39, 0.29) is 11.9 Å². The van der Waals surface area contributed by atoms with Crippen LogP contribution in [0.1, 0.15) is 24.0 Å². The molecule has 1 atom stereocenters. The van der Waals surface area contributed by atoms with Gasteiger partial charge in [-0.05, 0) is 44.4 Å². The number of amides is 1. The molecule has 3 heteroatoms. The zero-order chi connectivity index (χ0) is 12.4. The lowest BCUT2D eigenvalue weighted by molar-refractivity contribution is -0.119. The van der Waals surface area contributed by atoms with Crippen LogP contribution in [0.2, 0.25) is 0 Å². The van der Waals surface area contributed by atoms with Crippen molar-refractivity contribution in [2.75, 3.05) is 18.5 Å². The van der Waals surface area contributed by atoms with Gasteiger partial charge in [-0.2, -0.15) is 0 Å². The standard InChI is InChI=1S/C14H20N2O/c1-10-6-4-7-11(2)13(10)16(3)14(17)12-8-5-9-15-12/h4,6-7,12,15H,5,8-9H2,1-3H3/t12-/m0/s1. The number of anilines is 1. The van der Waals surface area contributed by atoms with Crippen molar-refractivity contribution >= 4 is 11.6 Å². The van der Waals surface area contributed by atoms with E-state index in [1.165, 1.54) is 0 Å². The first kappa shape index (κ1) is 12.1. The van der Waals surface area contributed by atoms with Crippen molar-refractivity contribution in [3.8, 4) is 0 Å². The number of nitrogens with one attached hydrogen (secondary N) is 1. The molecule has 1 amide bonds. The molecule has 2 rings (SSSR count). The van der Waals surface area contributed by atoms with E-state index in [1.54, 1.807) is 4.90 Å². The van der Waals surface area contributed by atoms with Gasteiger partial charge in [-0.1, -0.05) is 18.2 Å². The molecule has 0 saturated carbocycles. The van der Waals surface area contributed by atoms with Crippen LogP contribution in [0.5, 0.6) is 0 Å². The molecule has 3 nitrogen and oxygen atoms in total. The van der Waals surface area contributed by atoms with Crippen molar-refractivity contribution in [1.29, 1.82) is 0 Å². The minimum absolute atomic E-state index is 0.000920. The summed E-state index contributed by atoms with van der Waals surface area (Å²) in [7, 11) is 1.87. The Labute approximate surface area is 103 Å². The van der Waals surface area contributed by atoms with E-state index in [1.807, 2.05) is 39.1 Å². The maximum atomic E-state index is 12.3. The molecule has 1 saturated heterocycles. The highest BCUT2D eigenvalue weighted by Gasteiger charge is 2.26. The van der Waals surface area contributed by atoms with Crippen molar-refractivity contribution in [3.05, 3.63) is 29.3 Å². The molecule has 0 radical (unpaired) electrons. The lowest BCUT2D eigenvalue weighted by Gasteiger charge is -2.24. The largest absolute Gasteiger partial charge is 0.314 e. The highest BCUT2D eigenvalue weighted by molar-refractivity contribution is 5.98. The number of para-hydroxylation sites is 1. The molecule has 1 aliphatic heterocycles. The fraction of sp³-hybridized carbons (Fsp3) is 0.500. The van der Waals surface area contributed by atoms with Gasteiger partial charge in [0.15, 0.2) is 0 Å². The van der Waals surface area contributed by atoms with Crippen LogP contribution >= 0.6 is 0 Å². The molecule has 17 heavy (non-hydrogen) atoms. The number of likely N-dealkylation sites (N-methyl/N-ethyl adjacent to an activating group) is 1. The Morgan fingerprint density at radius 3 is 2.53 bits per heavy atom. The molecule has 0 spiro atoms. The number of benzene rings is 1. The second kappa shape index (κ2) is 4.88. The van der Waals surface area contributed by atoms with Gasteiger partial charge in [0.05, 0.1) is 6.04 Å². The van der Waals surface area contributed by atoms with Crippen molar-refractivity contribution < 1.29 is 4.79 Å². The summed E-state index contributed by atoms with van der Waals surface area (Å²) < 4.78 is 0. The highest BCUT2D eigenvalue weighted by Crippen LogP contribution is 2.24. The number of hydrogen-bond acceptors (Lipinski definition) is 2. The van der Waals surface area contributed by atoms with Crippen molar-refractivity contribution in [2.45, 2.75) is 32.7 Å². The smallest absolute Gasteiger partial charge is 0.243 e. The first-order valence-corrected chi connectivity index (χ1v) is 6.18. The Balaban J connectivity index is 2.24. The molecule has 92 valence electrons. The second-order valence-electron chi connectivity index (χ2n) is 4.79. The summed E-state index contributed by atoms with van der Waals surface area (Å²) in [5, 5.41) is 3.25. The van der Waals surface area contributed by atoms with Gasteiger partial charge in [-0.25, -0.2) is 0 Å². The molecule has 1 aromatic rings. The molecule has 0 aromatic heterocycles. The lowest BCUT2D eigenvalue weighted by atomic mass is 10.1. The van der Waals surface area contributed by atoms with Crippen LogP contribution in [0.25, 0.3) is 0 Å². The summed E-state index contributed by atoms with van der Waals surface area (Å²) in [6, 6.07) is 6.13. The summed E-state index contributed by atoms with van der Waals surface area (Å²) in [4.78, 5) is 14.1. The SMILES string of the molecule is Cc1cccc(C)c1N(C)C(=O)[C@@H]1CCCN1. The second-order valence-corrected chi connectivity index (χ2v) is 4.79. The number of rotatable bonds is 2. The number of aryl methyl sites for hydroxylation is 2. The molecule has 1 heterocycles. The highest BCUT2D eigenvalue weighted by atomic mass is 16.2. The minimum Gasteiger partial charge on any atom is -0.314 e.